The second-order valence-corrected chi connectivity index (χ2v) is 3.20. The fraction of sp³-hybridized carbons (Fsp3) is 0.143. The summed E-state index contributed by atoms with van der Waals surface area (Å²) in [7, 11) is 0. The van der Waals surface area contributed by atoms with Crippen LogP contribution in [0.2, 0.25) is 0 Å². The van der Waals surface area contributed by atoms with Crippen LogP contribution >= 0.6 is 11.3 Å². The van der Waals surface area contributed by atoms with Crippen LogP contribution in [0.25, 0.3) is 0 Å². The van der Waals surface area contributed by atoms with Crippen molar-refractivity contribution in [2.45, 2.75) is 0 Å². The lowest BCUT2D eigenvalue weighted by Gasteiger charge is -1.96. The minimum atomic E-state index is -0.793. The highest BCUT2D eigenvalue weighted by atomic mass is 32.1. The lowest BCUT2D eigenvalue weighted by molar-refractivity contribution is -0.112. The Labute approximate surface area is 88.9 Å². The number of carbonyl (C=O) groups is 1. The molecule has 0 radical (unpaired) electrons. The minimum Gasteiger partial charge on any atom is -0.380 e. The molecule has 0 spiro atoms. The van der Waals surface area contributed by atoms with E-state index in [-0.39, 0.29) is 18.0 Å². The number of nitrogen functional groups attached to an aromatic ring is 1. The van der Waals surface area contributed by atoms with E-state index in [1.165, 1.54) is 5.38 Å². The summed E-state index contributed by atoms with van der Waals surface area (Å²) in [6.45, 7) is -0.267. The molecule has 0 bridgehead atoms. The molecule has 1 rings (SSSR count). The fourth-order valence-corrected chi connectivity index (χ4v) is 1.29. The molecule has 78 valence electrons. The van der Waals surface area contributed by atoms with Crippen LogP contribution in [0, 0.1) is 11.3 Å². The van der Waals surface area contributed by atoms with Crippen LogP contribution in [0.15, 0.2) is 10.5 Å². The van der Waals surface area contributed by atoms with E-state index in [0.717, 1.165) is 11.3 Å². The van der Waals surface area contributed by atoms with Crippen LogP contribution < -0.4 is 11.5 Å². The Morgan fingerprint density at radius 3 is 3.00 bits per heavy atom. The number of amides is 1. The van der Waals surface area contributed by atoms with Crippen LogP contribution in [0.4, 0.5) is 5.13 Å². The van der Waals surface area contributed by atoms with Gasteiger partial charge in [0.25, 0.3) is 5.91 Å². The van der Waals surface area contributed by atoms with E-state index < -0.39 is 5.91 Å². The summed E-state index contributed by atoms with van der Waals surface area (Å²) in [6.07, 6.45) is 0. The SMILES string of the molecule is N#CCON=C(C(N)=O)c1csc(N)n1. The summed E-state index contributed by atoms with van der Waals surface area (Å²) in [5.41, 5.74) is 10.5. The van der Waals surface area contributed by atoms with Crippen molar-refractivity contribution in [2.24, 2.45) is 10.9 Å². The zero-order valence-electron chi connectivity index (χ0n) is 7.51. The van der Waals surface area contributed by atoms with E-state index >= 15 is 0 Å². The van der Waals surface area contributed by atoms with Crippen LogP contribution in [0.3, 0.4) is 0 Å². The van der Waals surface area contributed by atoms with Gasteiger partial charge in [-0.15, -0.1) is 11.3 Å². The van der Waals surface area contributed by atoms with Crippen molar-refractivity contribution in [2.75, 3.05) is 12.3 Å². The van der Waals surface area contributed by atoms with Crippen molar-refractivity contribution >= 4 is 28.1 Å². The first-order valence-electron chi connectivity index (χ1n) is 3.73. The molecule has 0 atom stereocenters. The molecule has 0 saturated heterocycles. The molecule has 8 heteroatoms. The zero-order chi connectivity index (χ0) is 11.3. The largest absolute Gasteiger partial charge is 0.380 e. The number of hydrogen-bond donors (Lipinski definition) is 2. The van der Waals surface area contributed by atoms with Crippen LogP contribution in [0.5, 0.6) is 0 Å². The molecule has 15 heavy (non-hydrogen) atoms. The third-order valence-electron chi connectivity index (χ3n) is 1.28. The maximum absolute atomic E-state index is 11.0. The van der Waals surface area contributed by atoms with E-state index in [1.807, 2.05) is 0 Å². The highest BCUT2D eigenvalue weighted by Crippen LogP contribution is 2.11. The second-order valence-electron chi connectivity index (χ2n) is 2.31. The summed E-state index contributed by atoms with van der Waals surface area (Å²) in [6, 6.07) is 1.69. The number of thiazole rings is 1. The molecule has 1 aromatic heterocycles. The third-order valence-corrected chi connectivity index (χ3v) is 1.96. The van der Waals surface area contributed by atoms with Gasteiger partial charge in [0.15, 0.2) is 10.8 Å². The maximum atomic E-state index is 11.0. The number of rotatable bonds is 4. The third kappa shape index (κ3) is 2.92. The van der Waals surface area contributed by atoms with Gasteiger partial charge in [0.05, 0.1) is 0 Å². The summed E-state index contributed by atoms with van der Waals surface area (Å²) < 4.78 is 0. The number of nitriles is 1. The summed E-state index contributed by atoms with van der Waals surface area (Å²) >= 11 is 1.15. The Kier molecular flexibility index (Phi) is 3.59. The first-order valence-corrected chi connectivity index (χ1v) is 4.61. The van der Waals surface area contributed by atoms with Crippen molar-refractivity contribution < 1.29 is 9.63 Å². The average Bonchev–Trinajstić information content (AvgIpc) is 2.59. The maximum Gasteiger partial charge on any atom is 0.273 e. The van der Waals surface area contributed by atoms with E-state index in [2.05, 4.69) is 15.0 Å². The molecule has 1 amide bonds. The number of oxime groups is 1. The van der Waals surface area contributed by atoms with Crippen molar-refractivity contribution in [3.8, 4) is 6.07 Å². The second kappa shape index (κ2) is 4.92. The van der Waals surface area contributed by atoms with E-state index in [4.69, 9.17) is 16.7 Å². The first kappa shape index (κ1) is 10.9. The lowest BCUT2D eigenvalue weighted by atomic mass is 10.3. The Morgan fingerprint density at radius 1 is 1.80 bits per heavy atom. The first-order chi connectivity index (χ1) is 7.15. The standard InChI is InChI=1S/C7H7N5O2S/c8-1-2-14-12-5(6(9)13)4-3-15-7(10)11-4/h3H,2H2,(H2,9,13)(H2,10,11). The normalized spacial score (nSPS) is 10.7. The average molecular weight is 225 g/mol. The molecule has 4 N–H and O–H groups in total. The van der Waals surface area contributed by atoms with E-state index in [9.17, 15) is 4.79 Å². The van der Waals surface area contributed by atoms with Crippen molar-refractivity contribution in [3.63, 3.8) is 0 Å². The molecule has 0 saturated carbocycles. The Morgan fingerprint density at radius 2 is 2.53 bits per heavy atom. The monoisotopic (exact) mass is 225 g/mol. The topological polar surface area (TPSA) is 127 Å². The van der Waals surface area contributed by atoms with Gasteiger partial charge in [-0.25, -0.2) is 4.98 Å². The Hall–Kier alpha value is -2.14. The fourth-order valence-electron chi connectivity index (χ4n) is 0.740. The highest BCUT2D eigenvalue weighted by molar-refractivity contribution is 7.13. The van der Waals surface area contributed by atoms with Crippen molar-refractivity contribution in [3.05, 3.63) is 11.1 Å². The van der Waals surface area contributed by atoms with E-state index in [0.29, 0.717) is 5.13 Å². The van der Waals surface area contributed by atoms with Gasteiger partial charge in [-0.3, -0.25) is 4.79 Å². The molecule has 0 unspecified atom stereocenters. The number of nitrogens with two attached hydrogens (primary N) is 2. The predicted octanol–water partition coefficient (Wildman–Crippen LogP) is -0.545. The van der Waals surface area contributed by atoms with Gasteiger partial charge in [0.1, 0.15) is 11.8 Å². The number of hydrogen-bond acceptors (Lipinski definition) is 7. The Bertz CT molecular complexity index is 433. The molecule has 0 aromatic carbocycles. The lowest BCUT2D eigenvalue weighted by Crippen LogP contribution is -2.25. The molecule has 7 nitrogen and oxygen atoms in total. The van der Waals surface area contributed by atoms with Gasteiger partial charge in [-0.2, -0.15) is 5.26 Å². The molecule has 0 aliphatic carbocycles. The van der Waals surface area contributed by atoms with Gasteiger partial charge in [0.2, 0.25) is 6.61 Å². The molecule has 0 aliphatic rings. The van der Waals surface area contributed by atoms with Crippen LogP contribution in [-0.4, -0.2) is 23.2 Å². The summed E-state index contributed by atoms with van der Waals surface area (Å²) in [5, 5.41) is 13.4. The molecule has 0 fully saturated rings. The number of nitrogens with zero attached hydrogens (tertiary/aromatic N) is 3. The van der Waals surface area contributed by atoms with Crippen LogP contribution in [0.1, 0.15) is 5.69 Å². The predicted molar refractivity (Wildman–Crippen MR) is 53.8 cm³/mol. The van der Waals surface area contributed by atoms with Crippen LogP contribution in [-0.2, 0) is 9.63 Å². The number of carbonyl (C=O) groups excluding carboxylic acids is 1. The van der Waals surface area contributed by atoms with Gasteiger partial charge in [-0.1, -0.05) is 5.16 Å². The quantitative estimate of drug-likeness (QED) is 0.404. The zero-order valence-corrected chi connectivity index (χ0v) is 8.32. The highest BCUT2D eigenvalue weighted by Gasteiger charge is 2.14. The molecular formula is C7H7N5O2S. The summed E-state index contributed by atoms with van der Waals surface area (Å²) in [4.78, 5) is 19.3. The number of aromatic nitrogens is 1. The summed E-state index contributed by atoms with van der Waals surface area (Å²) in [5.74, 6) is -0.793. The smallest absolute Gasteiger partial charge is 0.273 e. The molecule has 0 aliphatic heterocycles. The van der Waals surface area contributed by atoms with Gasteiger partial charge in [0, 0.05) is 5.38 Å². The molecular weight excluding hydrogens is 218 g/mol. The van der Waals surface area contributed by atoms with Gasteiger partial charge in [-0.05, 0) is 0 Å². The van der Waals surface area contributed by atoms with Crippen molar-refractivity contribution in [1.82, 2.24) is 4.98 Å². The minimum absolute atomic E-state index is 0.154. The number of primary amides is 1. The van der Waals surface area contributed by atoms with Crippen molar-refractivity contribution in [1.29, 1.82) is 5.26 Å². The van der Waals surface area contributed by atoms with Gasteiger partial charge >= 0.3 is 0 Å². The van der Waals surface area contributed by atoms with E-state index in [1.54, 1.807) is 6.07 Å². The molecule has 1 aromatic rings. The van der Waals surface area contributed by atoms with Gasteiger partial charge < -0.3 is 16.3 Å². The number of anilines is 1. The Balaban J connectivity index is 2.89. The molecule has 1 heterocycles.